The highest BCUT2D eigenvalue weighted by Crippen LogP contribution is 2.30. The third kappa shape index (κ3) is 5.92. The first-order chi connectivity index (χ1) is 14.0. The van der Waals surface area contributed by atoms with Gasteiger partial charge in [-0.15, -0.1) is 10.2 Å². The van der Waals surface area contributed by atoms with Crippen molar-refractivity contribution in [2.24, 2.45) is 0 Å². The standard InChI is InChI=1S/C24H29N3OS2/c1-23(2,3)18-11-7-16(8-12-18)15-29-22-27-26-21(30-22)25-20(28)17-9-13-19(14-10-17)24(4,5)6/h7-14H,15H2,1-6H3,(H,25,26,28). The summed E-state index contributed by atoms with van der Waals surface area (Å²) in [6, 6.07) is 16.4. The summed E-state index contributed by atoms with van der Waals surface area (Å²) < 4.78 is 0.841. The molecule has 0 bridgehead atoms. The van der Waals surface area contributed by atoms with Crippen LogP contribution in [0.3, 0.4) is 0 Å². The van der Waals surface area contributed by atoms with Crippen LogP contribution in [0.5, 0.6) is 0 Å². The topological polar surface area (TPSA) is 54.9 Å². The van der Waals surface area contributed by atoms with Crippen LogP contribution in [-0.4, -0.2) is 16.1 Å². The predicted octanol–water partition coefficient (Wildman–Crippen LogP) is 6.68. The summed E-state index contributed by atoms with van der Waals surface area (Å²) in [6.07, 6.45) is 0. The molecule has 6 heteroatoms. The van der Waals surface area contributed by atoms with E-state index in [2.05, 4.69) is 81.3 Å². The average molecular weight is 440 g/mol. The molecule has 1 amide bonds. The molecular weight excluding hydrogens is 410 g/mol. The molecule has 0 aliphatic rings. The highest BCUT2D eigenvalue weighted by atomic mass is 32.2. The molecule has 158 valence electrons. The number of carbonyl (C=O) groups is 1. The molecule has 0 aliphatic carbocycles. The fraction of sp³-hybridized carbons (Fsp3) is 0.375. The second-order valence-electron chi connectivity index (χ2n) is 9.39. The lowest BCUT2D eigenvalue weighted by Crippen LogP contribution is -2.14. The summed E-state index contributed by atoms with van der Waals surface area (Å²) in [5.41, 5.74) is 4.61. The van der Waals surface area contributed by atoms with E-state index in [0.29, 0.717) is 10.7 Å². The molecule has 0 unspecified atom stereocenters. The van der Waals surface area contributed by atoms with Crippen LogP contribution in [0.2, 0.25) is 0 Å². The lowest BCUT2D eigenvalue weighted by Gasteiger charge is -2.19. The van der Waals surface area contributed by atoms with Gasteiger partial charge in [0.15, 0.2) is 4.34 Å². The minimum absolute atomic E-state index is 0.0629. The Morgan fingerprint density at radius 3 is 1.93 bits per heavy atom. The zero-order valence-electron chi connectivity index (χ0n) is 18.4. The van der Waals surface area contributed by atoms with Crippen LogP contribution in [0.4, 0.5) is 5.13 Å². The zero-order valence-corrected chi connectivity index (χ0v) is 20.1. The van der Waals surface area contributed by atoms with Crippen LogP contribution in [0, 0.1) is 0 Å². The second kappa shape index (κ2) is 8.90. The van der Waals surface area contributed by atoms with E-state index in [0.717, 1.165) is 10.1 Å². The predicted molar refractivity (Wildman–Crippen MR) is 128 cm³/mol. The molecule has 30 heavy (non-hydrogen) atoms. The number of nitrogens with zero attached hydrogens (tertiary/aromatic N) is 2. The molecule has 3 aromatic rings. The maximum atomic E-state index is 12.5. The van der Waals surface area contributed by atoms with Gasteiger partial charge < -0.3 is 0 Å². The largest absolute Gasteiger partial charge is 0.296 e. The Morgan fingerprint density at radius 2 is 1.40 bits per heavy atom. The van der Waals surface area contributed by atoms with Crippen LogP contribution < -0.4 is 5.32 Å². The van der Waals surface area contributed by atoms with Crippen LogP contribution in [-0.2, 0) is 16.6 Å². The van der Waals surface area contributed by atoms with Crippen molar-refractivity contribution in [1.82, 2.24) is 10.2 Å². The van der Waals surface area contributed by atoms with Crippen LogP contribution >= 0.6 is 23.1 Å². The van der Waals surface area contributed by atoms with Gasteiger partial charge in [0.1, 0.15) is 0 Å². The van der Waals surface area contributed by atoms with E-state index in [1.165, 1.54) is 28.0 Å². The van der Waals surface area contributed by atoms with E-state index >= 15 is 0 Å². The van der Waals surface area contributed by atoms with Crippen molar-refractivity contribution in [1.29, 1.82) is 0 Å². The van der Waals surface area contributed by atoms with Gasteiger partial charge in [-0.25, -0.2) is 0 Å². The van der Waals surface area contributed by atoms with Crippen LogP contribution in [0.1, 0.15) is 68.6 Å². The quantitative estimate of drug-likeness (QED) is 0.356. The maximum Gasteiger partial charge on any atom is 0.257 e. The summed E-state index contributed by atoms with van der Waals surface area (Å²) in [7, 11) is 0. The highest BCUT2D eigenvalue weighted by Gasteiger charge is 2.16. The van der Waals surface area contributed by atoms with Gasteiger partial charge in [-0.05, 0) is 39.7 Å². The van der Waals surface area contributed by atoms with Gasteiger partial charge >= 0.3 is 0 Å². The molecule has 3 rings (SSSR count). The minimum atomic E-state index is -0.166. The Morgan fingerprint density at radius 1 is 0.867 bits per heavy atom. The molecule has 0 spiro atoms. The first kappa shape index (κ1) is 22.5. The van der Waals surface area contributed by atoms with Crippen LogP contribution in [0.25, 0.3) is 0 Å². The number of thioether (sulfide) groups is 1. The number of nitrogens with one attached hydrogen (secondary N) is 1. The Hall–Kier alpha value is -2.18. The van der Waals surface area contributed by atoms with E-state index in [1.807, 2.05) is 24.3 Å². The van der Waals surface area contributed by atoms with E-state index < -0.39 is 0 Å². The van der Waals surface area contributed by atoms with Crippen molar-refractivity contribution < 1.29 is 4.79 Å². The molecule has 0 saturated carbocycles. The number of aromatic nitrogens is 2. The van der Waals surface area contributed by atoms with Crippen molar-refractivity contribution in [2.75, 3.05) is 5.32 Å². The number of hydrogen-bond donors (Lipinski definition) is 1. The Labute approximate surface area is 187 Å². The Bertz CT molecular complexity index is 995. The van der Waals surface area contributed by atoms with Crippen LogP contribution in [0.15, 0.2) is 52.9 Å². The lowest BCUT2D eigenvalue weighted by molar-refractivity contribution is 0.102. The first-order valence-corrected chi connectivity index (χ1v) is 11.8. The summed E-state index contributed by atoms with van der Waals surface area (Å²) in [5, 5.41) is 11.7. The SMILES string of the molecule is CC(C)(C)c1ccc(CSc2nnc(NC(=O)c3ccc(C(C)(C)C)cc3)s2)cc1. The molecule has 4 nitrogen and oxygen atoms in total. The molecule has 0 radical (unpaired) electrons. The fourth-order valence-corrected chi connectivity index (χ4v) is 4.56. The number of benzene rings is 2. The molecule has 2 aromatic carbocycles. The third-order valence-corrected chi connectivity index (χ3v) is 6.87. The van der Waals surface area contributed by atoms with Crippen molar-refractivity contribution in [3.63, 3.8) is 0 Å². The molecule has 0 aliphatic heterocycles. The molecular formula is C24H29N3OS2. The maximum absolute atomic E-state index is 12.5. The number of amides is 1. The van der Waals surface area contributed by atoms with E-state index in [4.69, 9.17) is 0 Å². The highest BCUT2D eigenvalue weighted by molar-refractivity contribution is 8.00. The van der Waals surface area contributed by atoms with Gasteiger partial charge in [0.2, 0.25) is 5.13 Å². The smallest absolute Gasteiger partial charge is 0.257 e. The van der Waals surface area contributed by atoms with E-state index in [9.17, 15) is 4.79 Å². The Kier molecular flexibility index (Phi) is 6.68. The average Bonchev–Trinajstić information content (AvgIpc) is 3.13. The summed E-state index contributed by atoms with van der Waals surface area (Å²) >= 11 is 3.03. The molecule has 0 saturated heterocycles. The molecule has 0 atom stereocenters. The third-order valence-electron chi connectivity index (χ3n) is 4.82. The summed E-state index contributed by atoms with van der Waals surface area (Å²) in [4.78, 5) is 12.5. The number of rotatable bonds is 5. The molecule has 1 N–H and O–H groups in total. The van der Waals surface area contributed by atoms with Crippen molar-refractivity contribution in [3.05, 3.63) is 70.8 Å². The van der Waals surface area contributed by atoms with Gasteiger partial charge in [-0.3, -0.25) is 10.1 Å². The van der Waals surface area contributed by atoms with Gasteiger partial charge in [0.05, 0.1) is 0 Å². The van der Waals surface area contributed by atoms with Crippen molar-refractivity contribution in [3.8, 4) is 0 Å². The van der Waals surface area contributed by atoms with Gasteiger partial charge in [-0.2, -0.15) is 0 Å². The molecule has 0 fully saturated rings. The zero-order chi connectivity index (χ0) is 21.9. The number of hydrogen-bond acceptors (Lipinski definition) is 5. The first-order valence-electron chi connectivity index (χ1n) is 10.00. The normalized spacial score (nSPS) is 12.1. The van der Waals surface area contributed by atoms with Gasteiger partial charge in [0, 0.05) is 11.3 Å². The summed E-state index contributed by atoms with van der Waals surface area (Å²) in [6.45, 7) is 13.1. The monoisotopic (exact) mass is 439 g/mol. The van der Waals surface area contributed by atoms with Crippen molar-refractivity contribution in [2.45, 2.75) is 62.5 Å². The van der Waals surface area contributed by atoms with Gasteiger partial charge in [-0.1, -0.05) is 101 Å². The fourth-order valence-electron chi connectivity index (χ4n) is 2.86. The molecule has 1 heterocycles. The minimum Gasteiger partial charge on any atom is -0.296 e. The van der Waals surface area contributed by atoms with E-state index in [-0.39, 0.29) is 16.7 Å². The van der Waals surface area contributed by atoms with Gasteiger partial charge in [0.25, 0.3) is 5.91 Å². The Balaban J connectivity index is 1.56. The van der Waals surface area contributed by atoms with E-state index in [1.54, 1.807) is 11.8 Å². The molecule has 1 aromatic heterocycles. The second-order valence-corrected chi connectivity index (χ2v) is 11.6. The summed E-state index contributed by atoms with van der Waals surface area (Å²) in [5.74, 6) is 0.655. The van der Waals surface area contributed by atoms with Crippen molar-refractivity contribution >= 4 is 34.1 Å². The number of carbonyl (C=O) groups excluding carboxylic acids is 1. The number of anilines is 1. The lowest BCUT2D eigenvalue weighted by atomic mass is 9.87.